The van der Waals surface area contributed by atoms with Gasteiger partial charge in [-0.3, -0.25) is 0 Å². The van der Waals surface area contributed by atoms with E-state index in [0.717, 1.165) is 0 Å². The molecule has 0 aliphatic heterocycles. The van der Waals surface area contributed by atoms with E-state index in [0.29, 0.717) is 0 Å². The Morgan fingerprint density at radius 1 is 1.14 bits per heavy atom. The number of hydrogen-bond acceptors (Lipinski definition) is 4. The molecule has 0 atom stereocenters. The molecular weight excluding hydrogens is 184 g/mol. The zero-order valence-electron chi connectivity index (χ0n) is 3.62. The van der Waals surface area contributed by atoms with Crippen LogP contribution in [0.3, 0.4) is 0 Å². The summed E-state index contributed by atoms with van der Waals surface area (Å²) in [7, 11) is 0. The topological polar surface area (TPSA) is 117 Å². The van der Waals surface area contributed by atoms with E-state index in [-0.39, 0.29) is 23.5 Å². The Kier molecular flexibility index (Phi) is 10.5. The average Bonchev–Trinajstić information content (AvgIpc) is 0.722. The molecule has 0 aromatic carbocycles. The molecule has 0 amide bonds. The summed E-state index contributed by atoms with van der Waals surface area (Å²) in [6.07, 6.45) is 0. The summed E-state index contributed by atoms with van der Waals surface area (Å²) in [5, 5.41) is 0. The van der Waals surface area contributed by atoms with Crippen molar-refractivity contribution in [3.05, 3.63) is 0 Å². The Balaban J connectivity index is -0.0000000800. The summed E-state index contributed by atoms with van der Waals surface area (Å²) in [4.78, 5) is 0. The van der Waals surface area contributed by atoms with Crippen molar-refractivity contribution in [3.63, 3.8) is 0 Å². The zero-order chi connectivity index (χ0) is 4.50. The maximum atomic E-state index is 8.59. The van der Waals surface area contributed by atoms with Gasteiger partial charge in [0.2, 0.25) is 0 Å². The van der Waals surface area contributed by atoms with Crippen LogP contribution >= 0.6 is 0 Å². The smallest absolute Gasteiger partial charge is 0.369 e. The van der Waals surface area contributed by atoms with E-state index in [1.807, 2.05) is 0 Å². The third-order valence-corrected chi connectivity index (χ3v) is 0. The molecule has 7 heavy (non-hydrogen) atoms. The van der Waals surface area contributed by atoms with Gasteiger partial charge in [0.1, 0.15) is 0 Å². The van der Waals surface area contributed by atoms with E-state index in [1.54, 1.807) is 0 Å². The van der Waals surface area contributed by atoms with Gasteiger partial charge in [0.25, 0.3) is 0 Å². The Hall–Kier alpha value is 0.532. The Morgan fingerprint density at radius 2 is 1.14 bits per heavy atom. The Labute approximate surface area is 53.3 Å². The van der Waals surface area contributed by atoms with Crippen LogP contribution in [0.4, 0.5) is 0 Å². The van der Waals surface area contributed by atoms with Gasteiger partial charge in [0, 0.05) is 0 Å². The van der Waals surface area contributed by atoms with Gasteiger partial charge in [-0.1, -0.05) is 0 Å². The molecule has 0 aliphatic carbocycles. The van der Waals surface area contributed by atoms with Crippen molar-refractivity contribution in [1.82, 2.24) is 6.15 Å². The predicted molar refractivity (Wildman–Crippen MR) is 18.9 cm³/mol. The van der Waals surface area contributed by atoms with E-state index in [1.165, 1.54) is 0 Å². The van der Waals surface area contributed by atoms with Gasteiger partial charge < -0.3 is 6.15 Å². The molecule has 0 unspecified atom stereocenters. The monoisotopic (exact) mass is 189 g/mol. The molecular formula is H4AlNO4Se+2. The Bertz CT molecular complexity index is 94.9. The fourth-order valence-electron chi connectivity index (χ4n) is 0. The van der Waals surface area contributed by atoms with Crippen molar-refractivity contribution < 1.29 is 16.0 Å². The minimum absolute atomic E-state index is 0. The number of rotatable bonds is 0. The summed E-state index contributed by atoms with van der Waals surface area (Å²) in [5.74, 6) is 0. The van der Waals surface area contributed by atoms with Gasteiger partial charge in [0.15, 0.2) is 0 Å². The quantitative estimate of drug-likeness (QED) is 0.407. The molecule has 7 heteroatoms. The standard InChI is InChI=1S/Al.H3N.H2O4Se/c;;1-5(2,3)4/h;1H3;(H2,1,2,3,4)/q+3;;/p-1. The van der Waals surface area contributed by atoms with Crippen molar-refractivity contribution in [1.29, 1.82) is 0 Å². The van der Waals surface area contributed by atoms with Crippen molar-refractivity contribution in [2.45, 2.75) is 0 Å². The first-order chi connectivity index (χ1) is 2.00. The summed E-state index contributed by atoms with van der Waals surface area (Å²) in [6.45, 7) is 0. The Morgan fingerprint density at radius 3 is 1.14 bits per heavy atom. The molecule has 0 aromatic rings. The molecule has 0 spiro atoms. The molecule has 40 valence electrons. The van der Waals surface area contributed by atoms with Crippen LogP contribution in [-0.2, 0) is 7.67 Å². The van der Waals surface area contributed by atoms with Crippen molar-refractivity contribution in [2.75, 3.05) is 0 Å². The van der Waals surface area contributed by atoms with Crippen LogP contribution in [0.1, 0.15) is 0 Å². The summed E-state index contributed by atoms with van der Waals surface area (Å²) < 4.78 is 34.4. The molecule has 0 bridgehead atoms. The van der Waals surface area contributed by atoms with Gasteiger partial charge in [-0.15, -0.1) is 0 Å². The molecule has 0 radical (unpaired) electrons. The maximum absolute atomic E-state index is 8.59. The minimum atomic E-state index is -5.75. The second-order valence-corrected chi connectivity index (χ2v) is 2.12. The van der Waals surface area contributed by atoms with Crippen molar-refractivity contribution >= 4 is 30.7 Å². The minimum Gasteiger partial charge on any atom is -0.369 e. The van der Waals surface area contributed by atoms with Gasteiger partial charge in [-0.2, -0.15) is 0 Å². The molecule has 0 fully saturated rings. The van der Waals surface area contributed by atoms with Gasteiger partial charge >= 0.3 is 46.8 Å². The van der Waals surface area contributed by atoms with Crippen molar-refractivity contribution in [3.8, 4) is 0 Å². The van der Waals surface area contributed by atoms with Crippen LogP contribution in [0.25, 0.3) is 0 Å². The molecule has 0 aromatic heterocycles. The summed E-state index contributed by atoms with van der Waals surface area (Å²) >= 11 is -5.75. The second-order valence-electron chi connectivity index (χ2n) is 0.408. The molecule has 0 saturated carbocycles. The number of quaternary nitrogens is 1. The third kappa shape index (κ3) is 474. The van der Waals surface area contributed by atoms with Crippen LogP contribution in [0, 0.1) is 0 Å². The molecule has 0 heterocycles. The summed E-state index contributed by atoms with van der Waals surface area (Å²) in [6, 6.07) is 0. The van der Waals surface area contributed by atoms with E-state index < -0.39 is 13.4 Å². The molecule has 4 N–H and O–H groups in total. The normalized spacial score (nSPS) is 8.29. The van der Waals surface area contributed by atoms with E-state index in [2.05, 4.69) is 0 Å². The van der Waals surface area contributed by atoms with Gasteiger partial charge in [0.05, 0.1) is 0 Å². The third-order valence-electron chi connectivity index (χ3n) is 0. The van der Waals surface area contributed by atoms with E-state index >= 15 is 0 Å². The second kappa shape index (κ2) is 4.69. The maximum Gasteiger partial charge on any atom is 3.00 e. The van der Waals surface area contributed by atoms with Crippen molar-refractivity contribution in [2.24, 2.45) is 0 Å². The SMILES string of the molecule is O=[Se](=O)([O-])[O-].[Al+3].[NH4+]. The van der Waals surface area contributed by atoms with Crippen LogP contribution in [0.2, 0.25) is 0 Å². The van der Waals surface area contributed by atoms with Gasteiger partial charge in [-0.25, -0.2) is 0 Å². The van der Waals surface area contributed by atoms with Crippen LogP contribution < -0.4 is 14.5 Å². The fraction of sp³-hybridized carbons (Fsp3) is 0. The first-order valence-electron chi connectivity index (χ1n) is 0.667. The average molecular weight is 188 g/mol. The fourth-order valence-corrected chi connectivity index (χ4v) is 0. The van der Waals surface area contributed by atoms with Crippen LogP contribution in [-0.4, -0.2) is 30.7 Å². The molecule has 0 aliphatic rings. The predicted octanol–water partition coefficient (Wildman–Crippen LogP) is -3.00. The molecule has 5 nitrogen and oxygen atoms in total. The van der Waals surface area contributed by atoms with Crippen LogP contribution in [0.15, 0.2) is 0 Å². The van der Waals surface area contributed by atoms with Crippen LogP contribution in [0.5, 0.6) is 0 Å². The first kappa shape index (κ1) is 15.6. The zero-order valence-corrected chi connectivity index (χ0v) is 6.49. The first-order valence-corrected chi connectivity index (χ1v) is 3.46. The van der Waals surface area contributed by atoms with E-state index in [9.17, 15) is 0 Å². The van der Waals surface area contributed by atoms with Gasteiger partial charge in [-0.05, 0) is 0 Å². The number of hydrogen-bond donors (Lipinski definition) is 1. The molecule has 0 rings (SSSR count). The molecule has 0 saturated heterocycles. The largest absolute Gasteiger partial charge is 3.00 e. The summed E-state index contributed by atoms with van der Waals surface area (Å²) in [5.41, 5.74) is 0. The van der Waals surface area contributed by atoms with E-state index in [4.69, 9.17) is 16.0 Å².